The standard InChI is InChI=1S/C39H51NO13S2/c1-20-23-18-39(49)34(32-37(5,33(47)30(45)28(20)36(39,3)4)24(42)17-25-38(32,19-50-25)53-21(2)41)52-27(44)14-10-16-55-54-15-9-13-26(43)40-29(31(46)35(48)51-23)22-11-7-6-8-12-22/h6-8,11-12,23-25,29-32,34,42,45-46,49H,9-10,13-19H2,1-5H3,(H,40,43). The SMILES string of the molecule is CC(=O)OC12COC1CC(O)C1(C)C(=O)C(O)C3=C(C)C4CC(O)(C(OC(=O)CCCSSCCCC(=O)NC(c5ccccc5)C(O)C(=O)O4)C21)C3(C)C. The summed E-state index contributed by atoms with van der Waals surface area (Å²) in [5.41, 5.74) is -6.80. The summed E-state index contributed by atoms with van der Waals surface area (Å²) in [6, 6.07) is 7.23. The molecule has 55 heavy (non-hydrogen) atoms. The van der Waals surface area contributed by atoms with Crippen LogP contribution in [0.3, 0.4) is 0 Å². The Kier molecular flexibility index (Phi) is 11.9. The Balaban J connectivity index is 1.51. The van der Waals surface area contributed by atoms with Crippen LogP contribution in [-0.2, 0) is 42.9 Å². The molecule has 14 nitrogen and oxygen atoms in total. The average molecular weight is 806 g/mol. The summed E-state index contributed by atoms with van der Waals surface area (Å²) >= 11 is 0. The number of ether oxygens (including phenoxy) is 4. The lowest BCUT2D eigenvalue weighted by Gasteiger charge is -2.67. The van der Waals surface area contributed by atoms with Gasteiger partial charge in [-0.15, -0.1) is 0 Å². The molecule has 11 unspecified atom stereocenters. The molecular weight excluding hydrogens is 755 g/mol. The first-order chi connectivity index (χ1) is 25.9. The number of carbonyl (C=O) groups is 5. The summed E-state index contributed by atoms with van der Waals surface area (Å²) in [5.74, 6) is -4.14. The summed E-state index contributed by atoms with van der Waals surface area (Å²) in [6.07, 6.45) is -9.04. The number of aliphatic hydroxyl groups is 4. The number of amides is 1. The molecule has 4 fully saturated rings. The third-order valence-electron chi connectivity index (χ3n) is 12.5. The third-order valence-corrected chi connectivity index (χ3v) is 15.1. The number of ketones is 1. The van der Waals surface area contributed by atoms with Gasteiger partial charge in [0, 0.05) is 49.5 Å². The number of nitrogens with one attached hydrogen (secondary N) is 1. The van der Waals surface area contributed by atoms with Crippen molar-refractivity contribution in [1.82, 2.24) is 5.32 Å². The predicted molar refractivity (Wildman–Crippen MR) is 200 cm³/mol. The lowest BCUT2D eigenvalue weighted by molar-refractivity contribution is -0.347. The molecule has 1 aromatic carbocycles. The molecule has 0 aromatic heterocycles. The lowest BCUT2D eigenvalue weighted by atomic mass is 9.44. The van der Waals surface area contributed by atoms with Gasteiger partial charge >= 0.3 is 17.9 Å². The zero-order valence-electron chi connectivity index (χ0n) is 31.6. The topological polar surface area (TPSA) is 215 Å². The lowest BCUT2D eigenvalue weighted by Crippen LogP contribution is -2.81. The van der Waals surface area contributed by atoms with E-state index in [9.17, 15) is 44.4 Å². The molecule has 0 spiro atoms. The monoisotopic (exact) mass is 805 g/mol. The van der Waals surface area contributed by atoms with Crippen LogP contribution >= 0.6 is 21.6 Å². The molecule has 1 aromatic rings. The van der Waals surface area contributed by atoms with Crippen molar-refractivity contribution in [2.24, 2.45) is 16.7 Å². The largest absolute Gasteiger partial charge is 0.459 e. The van der Waals surface area contributed by atoms with E-state index in [1.807, 2.05) is 0 Å². The number of aliphatic hydroxyl groups excluding tert-OH is 3. The second-order valence-electron chi connectivity index (χ2n) is 16.1. The maximum Gasteiger partial charge on any atom is 0.338 e. The van der Waals surface area contributed by atoms with Gasteiger partial charge in [-0.05, 0) is 43.4 Å². The molecule has 2 aliphatic heterocycles. The fourth-order valence-corrected chi connectivity index (χ4v) is 11.7. The first-order valence-corrected chi connectivity index (χ1v) is 21.2. The van der Waals surface area contributed by atoms with Crippen LogP contribution < -0.4 is 5.32 Å². The van der Waals surface area contributed by atoms with Crippen LogP contribution in [0.25, 0.3) is 0 Å². The van der Waals surface area contributed by atoms with Gasteiger partial charge in [0.1, 0.15) is 30.0 Å². The maximum absolute atomic E-state index is 14.9. The molecule has 2 heterocycles. The van der Waals surface area contributed by atoms with Gasteiger partial charge in [0.2, 0.25) is 5.91 Å². The zero-order valence-corrected chi connectivity index (χ0v) is 33.3. The summed E-state index contributed by atoms with van der Waals surface area (Å²) in [7, 11) is 3.04. The Hall–Kier alpha value is -2.99. The summed E-state index contributed by atoms with van der Waals surface area (Å²) < 4.78 is 24.1. The molecule has 11 atom stereocenters. The average Bonchev–Trinajstić information content (AvgIpc) is 3.12. The molecule has 6 rings (SSSR count). The number of carbonyl (C=O) groups excluding carboxylic acids is 5. The van der Waals surface area contributed by atoms with Crippen LogP contribution in [-0.4, -0.2) is 116 Å². The van der Waals surface area contributed by atoms with Crippen LogP contribution in [0.1, 0.15) is 84.7 Å². The Bertz CT molecular complexity index is 1720. The predicted octanol–water partition coefficient (Wildman–Crippen LogP) is 2.49. The molecule has 16 heteroatoms. The minimum atomic E-state index is -2.26. The van der Waals surface area contributed by atoms with E-state index in [0.29, 0.717) is 29.9 Å². The van der Waals surface area contributed by atoms with Gasteiger partial charge in [-0.1, -0.05) is 65.8 Å². The van der Waals surface area contributed by atoms with E-state index in [0.717, 1.165) is 0 Å². The number of hydrogen-bond acceptors (Lipinski definition) is 15. The van der Waals surface area contributed by atoms with Gasteiger partial charge in [0.15, 0.2) is 17.5 Å². The zero-order chi connectivity index (χ0) is 40.1. The number of fused-ring (bicyclic) bond motifs is 6. The highest BCUT2D eigenvalue weighted by molar-refractivity contribution is 8.76. The smallest absolute Gasteiger partial charge is 0.338 e. The van der Waals surface area contributed by atoms with E-state index >= 15 is 0 Å². The van der Waals surface area contributed by atoms with Gasteiger partial charge in [-0.3, -0.25) is 19.2 Å². The van der Waals surface area contributed by atoms with Crippen molar-refractivity contribution in [2.45, 2.75) is 127 Å². The van der Waals surface area contributed by atoms with Crippen LogP contribution in [0.2, 0.25) is 0 Å². The Morgan fingerprint density at radius 2 is 1.62 bits per heavy atom. The first kappa shape index (κ1) is 41.6. The molecule has 5 aliphatic rings. The van der Waals surface area contributed by atoms with Crippen molar-refractivity contribution in [3.63, 3.8) is 0 Å². The first-order valence-electron chi connectivity index (χ1n) is 18.7. The minimum absolute atomic E-state index is 0.0107. The molecular formula is C39H51NO13S2. The van der Waals surface area contributed by atoms with E-state index in [1.165, 1.54) is 42.4 Å². The second-order valence-corrected chi connectivity index (χ2v) is 18.8. The quantitative estimate of drug-likeness (QED) is 0.126. The van der Waals surface area contributed by atoms with Crippen LogP contribution in [0.4, 0.5) is 0 Å². The van der Waals surface area contributed by atoms with Crippen molar-refractivity contribution < 1.29 is 63.3 Å². The highest BCUT2D eigenvalue weighted by atomic mass is 33.1. The van der Waals surface area contributed by atoms with Crippen molar-refractivity contribution in [3.05, 3.63) is 47.0 Å². The van der Waals surface area contributed by atoms with Crippen molar-refractivity contribution in [3.8, 4) is 0 Å². The van der Waals surface area contributed by atoms with Gasteiger partial charge in [0.05, 0.1) is 30.1 Å². The fraction of sp³-hybridized carbons (Fsp3) is 0.667. The fourth-order valence-electron chi connectivity index (χ4n) is 9.50. The van der Waals surface area contributed by atoms with Crippen molar-refractivity contribution in [2.75, 3.05) is 18.1 Å². The second kappa shape index (κ2) is 15.7. The van der Waals surface area contributed by atoms with E-state index in [4.69, 9.17) is 18.9 Å². The summed E-state index contributed by atoms with van der Waals surface area (Å²) in [6.45, 7) is 7.06. The van der Waals surface area contributed by atoms with E-state index in [-0.39, 0.29) is 42.9 Å². The molecule has 0 radical (unpaired) electrons. The Labute approximate surface area is 327 Å². The minimum Gasteiger partial charge on any atom is -0.459 e. The molecule has 3 bridgehead atoms. The van der Waals surface area contributed by atoms with E-state index < -0.39 is 101 Å². The summed E-state index contributed by atoms with van der Waals surface area (Å²) in [5, 5.41) is 51.6. The molecule has 2 saturated carbocycles. The number of esters is 3. The molecule has 302 valence electrons. The van der Waals surface area contributed by atoms with Gasteiger partial charge in [-0.2, -0.15) is 0 Å². The summed E-state index contributed by atoms with van der Waals surface area (Å²) in [4.78, 5) is 68.6. The maximum atomic E-state index is 14.9. The van der Waals surface area contributed by atoms with Gasteiger partial charge < -0.3 is 44.7 Å². The molecule has 5 N–H and O–H groups in total. The Morgan fingerprint density at radius 1 is 0.964 bits per heavy atom. The molecule has 1 amide bonds. The van der Waals surface area contributed by atoms with Crippen LogP contribution in [0.15, 0.2) is 41.5 Å². The van der Waals surface area contributed by atoms with Gasteiger partial charge in [0.25, 0.3) is 0 Å². The number of benzene rings is 1. The van der Waals surface area contributed by atoms with E-state index in [2.05, 4.69) is 5.32 Å². The number of rotatable bonds is 2. The molecule has 2 saturated heterocycles. The van der Waals surface area contributed by atoms with Gasteiger partial charge in [-0.25, -0.2) is 4.79 Å². The van der Waals surface area contributed by atoms with Crippen LogP contribution in [0, 0.1) is 16.7 Å². The third kappa shape index (κ3) is 7.14. The molecule has 3 aliphatic carbocycles. The normalized spacial score (nSPS) is 40.2. The van der Waals surface area contributed by atoms with Crippen molar-refractivity contribution in [1.29, 1.82) is 0 Å². The highest BCUT2D eigenvalue weighted by Crippen LogP contribution is 2.64. The highest BCUT2D eigenvalue weighted by Gasteiger charge is 2.78. The Morgan fingerprint density at radius 3 is 2.24 bits per heavy atom. The number of Topliss-reactive ketones (excluding diaryl/α,β-unsaturated/α-hetero) is 1. The van der Waals surface area contributed by atoms with Crippen LogP contribution in [0.5, 0.6) is 0 Å². The number of hydrogen-bond donors (Lipinski definition) is 5. The van der Waals surface area contributed by atoms with E-state index in [1.54, 1.807) is 44.2 Å². The van der Waals surface area contributed by atoms with Crippen molar-refractivity contribution >= 4 is 51.2 Å².